The highest BCUT2D eigenvalue weighted by molar-refractivity contribution is 6.05. The van der Waals surface area contributed by atoms with Gasteiger partial charge >= 0.3 is 12.0 Å². The summed E-state index contributed by atoms with van der Waals surface area (Å²) in [5, 5.41) is 14.3. The number of carbonyl (C=O) groups is 3. The maximum absolute atomic E-state index is 12.0. The first-order valence-corrected chi connectivity index (χ1v) is 7.42. The predicted octanol–water partition coefficient (Wildman–Crippen LogP) is 0.155. The van der Waals surface area contributed by atoms with Crippen molar-refractivity contribution in [3.05, 3.63) is 18.5 Å². The summed E-state index contributed by atoms with van der Waals surface area (Å²) in [6.07, 6.45) is 4.35. The van der Waals surface area contributed by atoms with Crippen LogP contribution in [0.15, 0.2) is 18.5 Å². The lowest BCUT2D eigenvalue weighted by atomic mass is 10.1. The molecule has 10 nitrogen and oxygen atoms in total. The minimum atomic E-state index is -1.22. The quantitative estimate of drug-likeness (QED) is 0.418. The predicted molar refractivity (Wildman–Crippen MR) is 83.3 cm³/mol. The molecule has 0 aromatic carbocycles. The number of urea groups is 1. The Hall–Kier alpha value is -3.17. The molecule has 2 aromatic heterocycles. The van der Waals surface area contributed by atoms with Gasteiger partial charge in [-0.25, -0.2) is 9.78 Å². The Labute approximate surface area is 136 Å². The van der Waals surface area contributed by atoms with Crippen LogP contribution in [-0.2, 0) is 9.59 Å². The summed E-state index contributed by atoms with van der Waals surface area (Å²) in [6, 6.07) is 0.449. The monoisotopic (exact) mass is 332 g/mol. The van der Waals surface area contributed by atoms with Crippen LogP contribution in [-0.4, -0.2) is 62.0 Å². The number of carboxylic acid groups (broad SMARTS) is 1. The average molecular weight is 332 g/mol. The molecule has 3 heterocycles. The van der Waals surface area contributed by atoms with E-state index in [1.54, 1.807) is 18.5 Å². The Morgan fingerprint density at radius 1 is 1.42 bits per heavy atom. The maximum atomic E-state index is 12.0. The molecule has 4 N–H and O–H groups in total. The van der Waals surface area contributed by atoms with Crippen molar-refractivity contribution < 1.29 is 19.5 Å². The van der Waals surface area contributed by atoms with Crippen LogP contribution in [0.3, 0.4) is 0 Å². The average Bonchev–Trinajstić information content (AvgIpc) is 3.07. The van der Waals surface area contributed by atoms with Gasteiger partial charge in [-0.1, -0.05) is 0 Å². The molecular weight excluding hydrogens is 316 g/mol. The third-order valence-corrected chi connectivity index (χ3v) is 3.65. The van der Waals surface area contributed by atoms with Crippen LogP contribution in [0.1, 0.15) is 12.8 Å². The number of H-pyrrole nitrogens is 1. The summed E-state index contributed by atoms with van der Waals surface area (Å²) in [5.41, 5.74) is 1.62. The summed E-state index contributed by atoms with van der Waals surface area (Å²) >= 11 is 0. The van der Waals surface area contributed by atoms with Gasteiger partial charge in [0.1, 0.15) is 12.6 Å². The van der Waals surface area contributed by atoms with Gasteiger partial charge < -0.3 is 20.7 Å². The van der Waals surface area contributed by atoms with Crippen LogP contribution in [0.2, 0.25) is 0 Å². The Kier molecular flexibility index (Phi) is 4.27. The SMILES string of the molecule is O=C(O)CN1C(=O)N[C@@H](CCCNc2nc3ccncc3[nH]2)C1=O. The molecule has 10 heteroatoms. The van der Waals surface area contributed by atoms with Gasteiger partial charge in [-0.2, -0.15) is 0 Å². The van der Waals surface area contributed by atoms with Gasteiger partial charge in [-0.3, -0.25) is 19.5 Å². The van der Waals surface area contributed by atoms with E-state index in [9.17, 15) is 14.4 Å². The fourth-order valence-corrected chi connectivity index (χ4v) is 2.51. The lowest BCUT2D eigenvalue weighted by Gasteiger charge is -2.10. The number of imide groups is 1. The number of hydrogen-bond acceptors (Lipinski definition) is 6. The molecule has 1 aliphatic heterocycles. The number of aromatic nitrogens is 3. The van der Waals surface area contributed by atoms with Crippen molar-refractivity contribution in [1.82, 2.24) is 25.2 Å². The first kappa shape index (κ1) is 15.7. The number of fused-ring (bicyclic) bond motifs is 1. The lowest BCUT2D eigenvalue weighted by molar-refractivity contribution is -0.141. The zero-order chi connectivity index (χ0) is 17.1. The van der Waals surface area contributed by atoms with Gasteiger partial charge in [0.25, 0.3) is 5.91 Å². The van der Waals surface area contributed by atoms with E-state index in [2.05, 4.69) is 25.6 Å². The van der Waals surface area contributed by atoms with Crippen molar-refractivity contribution in [3.63, 3.8) is 0 Å². The smallest absolute Gasteiger partial charge is 0.325 e. The highest BCUT2D eigenvalue weighted by Crippen LogP contribution is 2.13. The number of aromatic amines is 1. The number of imidazole rings is 1. The number of nitrogens with zero attached hydrogens (tertiary/aromatic N) is 3. The molecule has 0 radical (unpaired) electrons. The number of carboxylic acids is 1. The van der Waals surface area contributed by atoms with Gasteiger partial charge in [-0.05, 0) is 18.9 Å². The number of anilines is 1. The third kappa shape index (κ3) is 3.26. The topological polar surface area (TPSA) is 140 Å². The first-order chi connectivity index (χ1) is 11.5. The van der Waals surface area contributed by atoms with Crippen molar-refractivity contribution in [3.8, 4) is 0 Å². The molecule has 3 amide bonds. The molecule has 1 fully saturated rings. The minimum absolute atomic E-state index is 0.412. The highest BCUT2D eigenvalue weighted by atomic mass is 16.4. The van der Waals surface area contributed by atoms with Crippen LogP contribution in [0.25, 0.3) is 11.0 Å². The van der Waals surface area contributed by atoms with Crippen molar-refractivity contribution in [2.45, 2.75) is 18.9 Å². The summed E-state index contributed by atoms with van der Waals surface area (Å²) in [7, 11) is 0. The molecule has 0 aliphatic carbocycles. The second-order valence-corrected chi connectivity index (χ2v) is 5.37. The molecule has 24 heavy (non-hydrogen) atoms. The number of amides is 3. The summed E-state index contributed by atoms with van der Waals surface area (Å²) in [4.78, 5) is 46.3. The number of aliphatic carboxylic acids is 1. The van der Waals surface area contributed by atoms with Crippen LogP contribution in [0.5, 0.6) is 0 Å². The maximum Gasteiger partial charge on any atom is 0.325 e. The summed E-state index contributed by atoms with van der Waals surface area (Å²) in [5.74, 6) is -1.12. The zero-order valence-electron chi connectivity index (χ0n) is 12.7. The van der Waals surface area contributed by atoms with Crippen molar-refractivity contribution in [2.75, 3.05) is 18.4 Å². The Morgan fingerprint density at radius 3 is 3.00 bits per heavy atom. The van der Waals surface area contributed by atoms with E-state index in [1.807, 2.05) is 0 Å². The molecule has 0 bridgehead atoms. The number of rotatable bonds is 7. The largest absolute Gasteiger partial charge is 0.480 e. The number of hydrogen-bond donors (Lipinski definition) is 4. The molecular formula is C14H16N6O4. The normalized spacial score (nSPS) is 17.3. The van der Waals surface area contributed by atoms with E-state index >= 15 is 0 Å². The summed E-state index contributed by atoms with van der Waals surface area (Å²) < 4.78 is 0. The molecule has 2 aromatic rings. The fourth-order valence-electron chi connectivity index (χ4n) is 2.51. The fraction of sp³-hybridized carbons (Fsp3) is 0.357. The van der Waals surface area contributed by atoms with Crippen LogP contribution >= 0.6 is 0 Å². The standard InChI is InChI=1S/C14H16N6O4/c21-11(22)7-20-12(23)9(19-14(20)24)2-1-4-16-13-17-8-3-5-15-6-10(8)18-13/h3,5-6,9H,1-2,4,7H2,(H,19,24)(H,21,22)(H2,16,17,18)/t9-/m0/s1. The van der Waals surface area contributed by atoms with E-state index in [1.165, 1.54) is 0 Å². The Balaban J connectivity index is 1.47. The molecule has 1 saturated heterocycles. The van der Waals surface area contributed by atoms with E-state index < -0.39 is 30.5 Å². The second-order valence-electron chi connectivity index (χ2n) is 5.37. The second kappa shape index (κ2) is 6.52. The molecule has 0 unspecified atom stereocenters. The van der Waals surface area contributed by atoms with Crippen LogP contribution < -0.4 is 10.6 Å². The highest BCUT2D eigenvalue weighted by Gasteiger charge is 2.38. The lowest BCUT2D eigenvalue weighted by Crippen LogP contribution is -2.36. The molecule has 1 aliphatic rings. The summed E-state index contributed by atoms with van der Waals surface area (Å²) in [6.45, 7) is -0.0712. The molecule has 3 rings (SSSR count). The number of carbonyl (C=O) groups excluding carboxylic acids is 2. The van der Waals surface area contributed by atoms with Crippen LogP contribution in [0, 0.1) is 0 Å². The van der Waals surface area contributed by atoms with Crippen molar-refractivity contribution in [1.29, 1.82) is 0 Å². The van der Waals surface area contributed by atoms with E-state index in [4.69, 9.17) is 5.11 Å². The molecule has 0 saturated carbocycles. The van der Waals surface area contributed by atoms with Gasteiger partial charge in [0.05, 0.1) is 17.2 Å². The van der Waals surface area contributed by atoms with Crippen LogP contribution in [0.4, 0.5) is 10.7 Å². The first-order valence-electron chi connectivity index (χ1n) is 7.42. The van der Waals surface area contributed by atoms with Gasteiger partial charge in [0.2, 0.25) is 5.95 Å². The van der Waals surface area contributed by atoms with Gasteiger partial charge in [0, 0.05) is 12.7 Å². The van der Waals surface area contributed by atoms with Gasteiger partial charge in [0.15, 0.2) is 0 Å². The molecule has 126 valence electrons. The number of nitrogens with one attached hydrogen (secondary N) is 3. The molecule has 1 atom stereocenters. The Bertz CT molecular complexity index is 755. The van der Waals surface area contributed by atoms with Crippen molar-refractivity contribution >= 4 is 34.9 Å². The van der Waals surface area contributed by atoms with Crippen molar-refractivity contribution in [2.24, 2.45) is 0 Å². The molecule has 0 spiro atoms. The number of pyridine rings is 1. The minimum Gasteiger partial charge on any atom is -0.480 e. The third-order valence-electron chi connectivity index (χ3n) is 3.65. The van der Waals surface area contributed by atoms with E-state index in [0.717, 1.165) is 11.0 Å². The van der Waals surface area contributed by atoms with Gasteiger partial charge in [-0.15, -0.1) is 0 Å². The Morgan fingerprint density at radius 2 is 2.25 bits per heavy atom. The van der Waals surface area contributed by atoms with E-state index in [-0.39, 0.29) is 0 Å². The van der Waals surface area contributed by atoms with E-state index in [0.29, 0.717) is 30.2 Å². The zero-order valence-corrected chi connectivity index (χ0v) is 12.7.